The van der Waals surface area contributed by atoms with E-state index in [1.165, 1.54) is 19.9 Å². The zero-order valence-electron chi connectivity index (χ0n) is 17.5. The molecule has 0 saturated carbocycles. The van der Waals surface area contributed by atoms with Gasteiger partial charge in [-0.3, -0.25) is 24.0 Å². The molecule has 2 bridgehead atoms. The highest BCUT2D eigenvalue weighted by atomic mass is 16.3. The van der Waals surface area contributed by atoms with Crippen LogP contribution >= 0.6 is 0 Å². The maximum absolute atomic E-state index is 12.6. The van der Waals surface area contributed by atoms with E-state index < -0.39 is 6.10 Å². The van der Waals surface area contributed by atoms with E-state index in [2.05, 4.69) is 10.6 Å². The molecule has 3 rings (SSSR count). The Kier molecular flexibility index (Phi) is 8.31. The largest absolute Gasteiger partial charge is 0.483 e. The number of carboxylic acid groups (broad SMARTS) is 1. The summed E-state index contributed by atoms with van der Waals surface area (Å²) in [7, 11) is 0. The number of nitrogens with one attached hydrogen (secondary N) is 2. The minimum atomic E-state index is -1.08. The van der Waals surface area contributed by atoms with E-state index in [1.54, 1.807) is 15.5 Å². The van der Waals surface area contributed by atoms with Crippen molar-refractivity contribution in [1.82, 2.24) is 20.1 Å². The molecule has 2 aliphatic heterocycles. The second-order valence-corrected chi connectivity index (χ2v) is 7.66. The smallest absolute Gasteiger partial charge is 0.290 e. The Morgan fingerprint density at radius 1 is 1.26 bits per heavy atom. The first-order valence-corrected chi connectivity index (χ1v) is 9.96. The third-order valence-electron chi connectivity index (χ3n) is 5.47. The molecular formula is C20H28N4O7. The number of pyridine rings is 1. The Bertz CT molecular complexity index is 883. The lowest BCUT2D eigenvalue weighted by Gasteiger charge is -2.47. The number of fused-ring (bicyclic) bond motifs is 4. The molecule has 0 aromatic carbocycles. The lowest BCUT2D eigenvalue weighted by molar-refractivity contribution is -0.142. The minimum absolute atomic E-state index is 0.0154. The van der Waals surface area contributed by atoms with Gasteiger partial charge in [0.15, 0.2) is 0 Å². The molecule has 0 unspecified atom stereocenters. The third-order valence-corrected chi connectivity index (χ3v) is 5.47. The second-order valence-electron chi connectivity index (χ2n) is 7.66. The normalized spacial score (nSPS) is 22.2. The van der Waals surface area contributed by atoms with E-state index in [1.807, 2.05) is 6.07 Å². The van der Waals surface area contributed by atoms with Gasteiger partial charge in [-0.25, -0.2) is 0 Å². The van der Waals surface area contributed by atoms with Crippen LogP contribution in [0.3, 0.4) is 0 Å². The standard InChI is InChI=1S/C19H26N4O5.CH2O2/c1-11(24)19(28)22-9-13-6-14(10-22)16(7-21-17(26)8-20-12(2)25)23-15(13)4-3-5-18(23)27;2-1-3/h3-5,11,13-14,16,24H,6-10H2,1-2H3,(H,20,25)(H,21,26);1H,(H,2,3)/t11-,13+,14-,16-;/m0./s1. The average Bonchev–Trinajstić information content (AvgIpc) is 2.72. The Labute approximate surface area is 179 Å². The molecule has 170 valence electrons. The van der Waals surface area contributed by atoms with Crippen molar-refractivity contribution >= 4 is 24.2 Å². The van der Waals surface area contributed by atoms with Crippen molar-refractivity contribution in [3.05, 3.63) is 34.2 Å². The van der Waals surface area contributed by atoms with Crippen LogP contribution in [0.5, 0.6) is 0 Å². The van der Waals surface area contributed by atoms with Crippen LogP contribution in [0.4, 0.5) is 0 Å². The molecule has 2 aliphatic rings. The van der Waals surface area contributed by atoms with Crippen LogP contribution in [0.15, 0.2) is 23.0 Å². The van der Waals surface area contributed by atoms with Gasteiger partial charge < -0.3 is 30.3 Å². The Morgan fingerprint density at radius 3 is 2.55 bits per heavy atom. The fraction of sp³-hybridized carbons (Fsp3) is 0.550. The Morgan fingerprint density at radius 2 is 1.94 bits per heavy atom. The monoisotopic (exact) mass is 436 g/mol. The van der Waals surface area contributed by atoms with Crippen LogP contribution in [-0.2, 0) is 19.2 Å². The van der Waals surface area contributed by atoms with Crippen molar-refractivity contribution in [2.45, 2.75) is 38.3 Å². The number of hydrogen-bond acceptors (Lipinski definition) is 6. The summed E-state index contributed by atoms with van der Waals surface area (Å²) in [6.45, 7) is 3.52. The number of aliphatic hydroxyl groups is 1. The summed E-state index contributed by atoms with van der Waals surface area (Å²) in [6, 6.07) is 4.78. The molecule has 11 heteroatoms. The zero-order chi connectivity index (χ0) is 23.1. The molecule has 11 nitrogen and oxygen atoms in total. The molecular weight excluding hydrogens is 408 g/mol. The molecule has 31 heavy (non-hydrogen) atoms. The van der Waals surface area contributed by atoms with Crippen molar-refractivity contribution in [3.8, 4) is 0 Å². The van der Waals surface area contributed by atoms with Gasteiger partial charge in [-0.1, -0.05) is 6.07 Å². The number of likely N-dealkylation sites (tertiary alicyclic amines) is 1. The van der Waals surface area contributed by atoms with Crippen LogP contribution in [0, 0.1) is 5.92 Å². The van der Waals surface area contributed by atoms with Crippen LogP contribution < -0.4 is 16.2 Å². The van der Waals surface area contributed by atoms with E-state index in [-0.39, 0.29) is 60.7 Å². The van der Waals surface area contributed by atoms with Crippen LogP contribution in [0.25, 0.3) is 0 Å². The SMILES string of the molecule is CC(=O)NCC(=O)NC[C@H]1[C@H]2C[C@H](CN(C(=O)[C@H](C)O)C2)c2cccc(=O)n21.O=CO. The molecule has 0 spiro atoms. The third kappa shape index (κ3) is 5.91. The van der Waals surface area contributed by atoms with Gasteiger partial charge in [0.2, 0.25) is 11.8 Å². The van der Waals surface area contributed by atoms with Crippen LogP contribution in [0.1, 0.15) is 37.9 Å². The first-order chi connectivity index (χ1) is 14.7. The van der Waals surface area contributed by atoms with Crippen molar-refractivity contribution in [2.75, 3.05) is 26.2 Å². The quantitative estimate of drug-likeness (QED) is 0.416. The number of carbonyl (C=O) groups excluding carboxylic acids is 3. The maximum atomic E-state index is 12.6. The van der Waals surface area contributed by atoms with Crippen LogP contribution in [0.2, 0.25) is 0 Å². The van der Waals surface area contributed by atoms with Gasteiger partial charge in [0.05, 0.1) is 12.6 Å². The average molecular weight is 436 g/mol. The number of hydrogen-bond donors (Lipinski definition) is 4. The summed E-state index contributed by atoms with van der Waals surface area (Å²) in [4.78, 5) is 57.9. The van der Waals surface area contributed by atoms with E-state index in [0.29, 0.717) is 13.1 Å². The lowest BCUT2D eigenvalue weighted by Crippen LogP contribution is -2.54. The molecule has 3 heterocycles. The second kappa shape index (κ2) is 10.7. The maximum Gasteiger partial charge on any atom is 0.290 e. The highest BCUT2D eigenvalue weighted by Gasteiger charge is 2.42. The molecule has 0 radical (unpaired) electrons. The predicted molar refractivity (Wildman–Crippen MR) is 109 cm³/mol. The van der Waals surface area contributed by atoms with Crippen molar-refractivity contribution in [2.24, 2.45) is 5.92 Å². The Balaban J connectivity index is 0.00000107. The molecule has 1 saturated heterocycles. The van der Waals surface area contributed by atoms with Gasteiger partial charge in [-0.05, 0) is 25.3 Å². The highest BCUT2D eigenvalue weighted by Crippen LogP contribution is 2.40. The van der Waals surface area contributed by atoms with Gasteiger partial charge >= 0.3 is 0 Å². The molecule has 4 atom stereocenters. The first kappa shape index (κ1) is 24.1. The van der Waals surface area contributed by atoms with Gasteiger partial charge in [0.1, 0.15) is 6.10 Å². The van der Waals surface area contributed by atoms with E-state index in [0.717, 1.165) is 12.1 Å². The number of rotatable bonds is 5. The fourth-order valence-corrected chi connectivity index (χ4v) is 4.23. The number of piperidine rings is 1. The predicted octanol–water partition coefficient (Wildman–Crippen LogP) is -1.33. The minimum Gasteiger partial charge on any atom is -0.483 e. The van der Waals surface area contributed by atoms with Gasteiger partial charge in [-0.2, -0.15) is 0 Å². The summed E-state index contributed by atoms with van der Waals surface area (Å²) >= 11 is 0. The van der Waals surface area contributed by atoms with Gasteiger partial charge in [-0.15, -0.1) is 0 Å². The first-order valence-electron chi connectivity index (χ1n) is 9.96. The topological polar surface area (TPSA) is 158 Å². The molecule has 3 amide bonds. The fourth-order valence-electron chi connectivity index (χ4n) is 4.23. The number of aliphatic hydroxyl groups excluding tert-OH is 1. The van der Waals surface area contributed by atoms with Crippen molar-refractivity contribution in [3.63, 3.8) is 0 Å². The van der Waals surface area contributed by atoms with Crippen molar-refractivity contribution < 1.29 is 29.4 Å². The molecule has 4 N–H and O–H groups in total. The molecule has 1 fully saturated rings. The van der Waals surface area contributed by atoms with Gasteiger partial charge in [0, 0.05) is 44.2 Å². The Hall–Kier alpha value is -3.21. The summed E-state index contributed by atoms with van der Waals surface area (Å²) < 4.78 is 1.72. The summed E-state index contributed by atoms with van der Waals surface area (Å²) in [5.41, 5.74) is 0.705. The molecule has 0 aliphatic carbocycles. The van der Waals surface area contributed by atoms with Gasteiger partial charge in [0.25, 0.3) is 17.9 Å². The van der Waals surface area contributed by atoms with Crippen molar-refractivity contribution in [1.29, 1.82) is 0 Å². The van der Waals surface area contributed by atoms with E-state index >= 15 is 0 Å². The number of carbonyl (C=O) groups is 4. The zero-order valence-corrected chi connectivity index (χ0v) is 17.5. The number of nitrogens with zero attached hydrogens (tertiary/aromatic N) is 2. The highest BCUT2D eigenvalue weighted by molar-refractivity contribution is 5.83. The van der Waals surface area contributed by atoms with Crippen LogP contribution in [-0.4, -0.2) is 76.2 Å². The number of amides is 3. The number of aromatic nitrogens is 1. The summed E-state index contributed by atoms with van der Waals surface area (Å²) in [5.74, 6) is -0.959. The van der Waals surface area contributed by atoms with E-state index in [9.17, 15) is 24.3 Å². The molecule has 1 aromatic heterocycles. The summed E-state index contributed by atoms with van der Waals surface area (Å²) in [6.07, 6.45) is -0.271. The summed E-state index contributed by atoms with van der Waals surface area (Å²) in [5, 5.41) is 21.8. The lowest BCUT2D eigenvalue weighted by atomic mass is 9.78. The van der Waals surface area contributed by atoms with E-state index in [4.69, 9.17) is 9.90 Å². The molecule has 1 aromatic rings.